The van der Waals surface area contributed by atoms with Gasteiger partial charge in [-0.05, 0) is 13.8 Å². The van der Waals surface area contributed by atoms with Crippen molar-refractivity contribution in [1.29, 1.82) is 0 Å². The van der Waals surface area contributed by atoms with Gasteiger partial charge >= 0.3 is 6.03 Å². The van der Waals surface area contributed by atoms with E-state index in [4.69, 9.17) is 0 Å². The van der Waals surface area contributed by atoms with E-state index in [9.17, 15) is 4.79 Å². The first-order valence-corrected chi connectivity index (χ1v) is 3.63. The van der Waals surface area contributed by atoms with E-state index in [2.05, 4.69) is 19.5 Å². The number of carbonyl (C=O) groups excluding carboxylic acids is 1. The lowest BCUT2D eigenvalue weighted by Gasteiger charge is -1.90. The molecule has 0 saturated carbocycles. The molecule has 0 atom stereocenters. The van der Waals surface area contributed by atoms with Gasteiger partial charge in [-0.2, -0.15) is 9.98 Å². The van der Waals surface area contributed by atoms with Crippen molar-refractivity contribution < 1.29 is 14.3 Å². The summed E-state index contributed by atoms with van der Waals surface area (Å²) < 4.78 is 9.37. The molecule has 0 saturated heterocycles. The maximum Gasteiger partial charge on any atom is 0.372 e. The van der Waals surface area contributed by atoms with Crippen LogP contribution in [-0.2, 0) is 9.47 Å². The van der Waals surface area contributed by atoms with Gasteiger partial charge in [0.25, 0.3) is 0 Å². The highest BCUT2D eigenvalue weighted by atomic mass is 16.5. The Kier molecular flexibility index (Phi) is 6.82. The summed E-state index contributed by atoms with van der Waals surface area (Å²) in [4.78, 5) is 17.3. The molecule has 0 rings (SSSR count). The summed E-state index contributed by atoms with van der Waals surface area (Å²) in [7, 11) is 0. The molecule has 0 aromatic carbocycles. The summed E-state index contributed by atoms with van der Waals surface area (Å²) in [5.41, 5.74) is 0. The standard InChI is InChI=1S/C7H12N2O3/c1-3-11-5-8-7(10)9-6-12-4-2/h5-6H,3-4H2,1-2H3. The highest BCUT2D eigenvalue weighted by Crippen LogP contribution is 1.80. The Labute approximate surface area is 71.1 Å². The summed E-state index contributed by atoms with van der Waals surface area (Å²) in [6, 6.07) is -0.642. The van der Waals surface area contributed by atoms with Crippen LogP contribution in [0.5, 0.6) is 0 Å². The second kappa shape index (κ2) is 7.71. The van der Waals surface area contributed by atoms with Gasteiger partial charge in [0, 0.05) is 0 Å². The van der Waals surface area contributed by atoms with E-state index in [1.807, 2.05) is 0 Å². The molecule has 0 N–H and O–H groups in total. The zero-order chi connectivity index (χ0) is 9.23. The quantitative estimate of drug-likeness (QED) is 0.473. The number of amides is 2. The van der Waals surface area contributed by atoms with Gasteiger partial charge in [-0.15, -0.1) is 0 Å². The second-order valence-electron chi connectivity index (χ2n) is 1.66. The number of rotatable bonds is 4. The Morgan fingerprint density at radius 3 is 1.92 bits per heavy atom. The van der Waals surface area contributed by atoms with Crippen LogP contribution in [0.25, 0.3) is 0 Å². The average Bonchev–Trinajstić information content (AvgIpc) is 2.06. The first-order valence-electron chi connectivity index (χ1n) is 3.63. The summed E-state index contributed by atoms with van der Waals surface area (Å²) in [5, 5.41) is 0. The molecule has 0 spiro atoms. The van der Waals surface area contributed by atoms with E-state index in [0.29, 0.717) is 13.2 Å². The number of nitrogens with zero attached hydrogens (tertiary/aromatic N) is 2. The van der Waals surface area contributed by atoms with Gasteiger partial charge in [0.1, 0.15) is 0 Å². The molecular weight excluding hydrogens is 160 g/mol. The van der Waals surface area contributed by atoms with Crippen LogP contribution >= 0.6 is 0 Å². The van der Waals surface area contributed by atoms with E-state index >= 15 is 0 Å². The fourth-order valence-electron chi connectivity index (χ4n) is 0.347. The molecule has 0 aliphatic carbocycles. The lowest BCUT2D eigenvalue weighted by atomic mass is 10.9. The fourth-order valence-corrected chi connectivity index (χ4v) is 0.347. The lowest BCUT2D eigenvalue weighted by Crippen LogP contribution is -1.92. The van der Waals surface area contributed by atoms with Crippen molar-refractivity contribution in [1.82, 2.24) is 0 Å². The van der Waals surface area contributed by atoms with Gasteiger partial charge in [0.05, 0.1) is 13.2 Å². The van der Waals surface area contributed by atoms with Crippen LogP contribution in [0.4, 0.5) is 4.79 Å². The van der Waals surface area contributed by atoms with E-state index < -0.39 is 6.03 Å². The summed E-state index contributed by atoms with van der Waals surface area (Å²) >= 11 is 0. The van der Waals surface area contributed by atoms with Gasteiger partial charge < -0.3 is 9.47 Å². The van der Waals surface area contributed by atoms with Crippen molar-refractivity contribution in [2.45, 2.75) is 13.8 Å². The Morgan fingerprint density at radius 2 is 1.58 bits per heavy atom. The Hall–Kier alpha value is -1.39. The van der Waals surface area contributed by atoms with Crippen LogP contribution in [-0.4, -0.2) is 32.0 Å². The first-order chi connectivity index (χ1) is 5.81. The zero-order valence-corrected chi connectivity index (χ0v) is 7.19. The molecule has 2 amide bonds. The lowest BCUT2D eigenvalue weighted by molar-refractivity contribution is 0.255. The number of urea groups is 1. The van der Waals surface area contributed by atoms with Gasteiger partial charge in [-0.3, -0.25) is 0 Å². The maximum atomic E-state index is 10.6. The minimum atomic E-state index is -0.642. The van der Waals surface area contributed by atoms with Crippen molar-refractivity contribution >= 4 is 18.8 Å². The average molecular weight is 172 g/mol. The zero-order valence-electron chi connectivity index (χ0n) is 7.19. The number of aliphatic imine (C=N–C) groups is 2. The molecule has 12 heavy (non-hydrogen) atoms. The molecule has 0 heterocycles. The van der Waals surface area contributed by atoms with Crippen molar-refractivity contribution in [3.8, 4) is 0 Å². The van der Waals surface area contributed by atoms with Crippen LogP contribution in [0.2, 0.25) is 0 Å². The van der Waals surface area contributed by atoms with E-state index in [1.165, 1.54) is 0 Å². The third-order valence-corrected chi connectivity index (χ3v) is 0.809. The van der Waals surface area contributed by atoms with Gasteiger partial charge in [0.15, 0.2) is 12.8 Å². The molecule has 0 fully saturated rings. The molecular formula is C7H12N2O3. The van der Waals surface area contributed by atoms with Gasteiger partial charge in [-0.25, -0.2) is 4.79 Å². The van der Waals surface area contributed by atoms with Crippen LogP contribution < -0.4 is 0 Å². The molecule has 0 aliphatic heterocycles. The minimum absolute atomic E-state index is 0.478. The molecule has 5 nitrogen and oxygen atoms in total. The number of hydrogen-bond acceptors (Lipinski definition) is 3. The molecule has 0 unspecified atom stereocenters. The predicted molar refractivity (Wildman–Crippen MR) is 45.6 cm³/mol. The Bertz CT molecular complexity index is 159. The molecule has 0 aliphatic rings. The van der Waals surface area contributed by atoms with Gasteiger partial charge in [-0.1, -0.05) is 0 Å². The van der Waals surface area contributed by atoms with Gasteiger partial charge in [0.2, 0.25) is 0 Å². The van der Waals surface area contributed by atoms with Crippen molar-refractivity contribution in [2.24, 2.45) is 9.98 Å². The molecule has 0 radical (unpaired) electrons. The Balaban J connectivity index is 3.58. The van der Waals surface area contributed by atoms with E-state index in [-0.39, 0.29) is 0 Å². The third kappa shape index (κ3) is 6.73. The largest absolute Gasteiger partial charge is 0.483 e. The monoisotopic (exact) mass is 172 g/mol. The van der Waals surface area contributed by atoms with E-state index in [0.717, 1.165) is 12.8 Å². The normalized spacial score (nSPS) is 10.8. The highest BCUT2D eigenvalue weighted by molar-refractivity contribution is 5.86. The molecule has 68 valence electrons. The maximum absolute atomic E-state index is 10.6. The number of ether oxygens (including phenoxy) is 2. The number of carbonyl (C=O) groups is 1. The minimum Gasteiger partial charge on any atom is -0.483 e. The van der Waals surface area contributed by atoms with E-state index in [1.54, 1.807) is 13.8 Å². The topological polar surface area (TPSA) is 60.2 Å². The smallest absolute Gasteiger partial charge is 0.372 e. The van der Waals surface area contributed by atoms with Crippen LogP contribution in [0.1, 0.15) is 13.8 Å². The predicted octanol–water partition coefficient (Wildman–Crippen LogP) is 1.24. The summed E-state index contributed by atoms with van der Waals surface area (Å²) in [6.07, 6.45) is 2.12. The SMILES string of the molecule is CCOC=NC(=O)N=COCC. The molecule has 0 bridgehead atoms. The Morgan fingerprint density at radius 1 is 1.17 bits per heavy atom. The van der Waals surface area contributed by atoms with Crippen molar-refractivity contribution in [2.75, 3.05) is 13.2 Å². The second-order valence-corrected chi connectivity index (χ2v) is 1.66. The first kappa shape index (κ1) is 10.6. The van der Waals surface area contributed by atoms with Crippen molar-refractivity contribution in [3.63, 3.8) is 0 Å². The van der Waals surface area contributed by atoms with Crippen LogP contribution in [0.15, 0.2) is 9.98 Å². The molecule has 0 aromatic rings. The van der Waals surface area contributed by atoms with Crippen LogP contribution in [0, 0.1) is 0 Å². The summed E-state index contributed by atoms with van der Waals surface area (Å²) in [6.45, 7) is 4.54. The molecule has 5 heteroatoms. The molecule has 0 aromatic heterocycles. The highest BCUT2D eigenvalue weighted by Gasteiger charge is 1.88. The van der Waals surface area contributed by atoms with Crippen LogP contribution in [0.3, 0.4) is 0 Å². The summed E-state index contributed by atoms with van der Waals surface area (Å²) in [5.74, 6) is 0. The number of hydrogen-bond donors (Lipinski definition) is 0. The van der Waals surface area contributed by atoms with Crippen molar-refractivity contribution in [3.05, 3.63) is 0 Å². The fraction of sp³-hybridized carbons (Fsp3) is 0.571. The third-order valence-electron chi connectivity index (χ3n) is 0.809.